The molecule has 0 unspecified atom stereocenters. The minimum absolute atomic E-state index is 0.155. The van der Waals surface area contributed by atoms with Gasteiger partial charge < -0.3 is 14.4 Å². The van der Waals surface area contributed by atoms with Gasteiger partial charge in [0.1, 0.15) is 0 Å². The molecule has 0 fully saturated rings. The molecule has 0 aliphatic heterocycles. The zero-order valence-corrected chi connectivity index (χ0v) is 18.4. The van der Waals surface area contributed by atoms with Crippen molar-refractivity contribution >= 4 is 50.9 Å². The molecule has 1 heterocycles. The van der Waals surface area contributed by atoms with Gasteiger partial charge in [-0.2, -0.15) is 0 Å². The number of fused-ring (bicyclic) bond motifs is 1. The Morgan fingerprint density at radius 2 is 1.97 bits per heavy atom. The van der Waals surface area contributed by atoms with Crippen molar-refractivity contribution in [3.05, 3.63) is 58.1 Å². The third-order valence-electron chi connectivity index (χ3n) is 4.10. The lowest BCUT2D eigenvalue weighted by Gasteiger charge is -2.16. The van der Waals surface area contributed by atoms with E-state index in [0.29, 0.717) is 33.7 Å². The van der Waals surface area contributed by atoms with Gasteiger partial charge in [0.2, 0.25) is 5.78 Å². The summed E-state index contributed by atoms with van der Waals surface area (Å²) in [5.74, 6) is 0.313. The second-order valence-corrected chi connectivity index (χ2v) is 7.96. The maximum Gasteiger partial charge on any atom is 0.259 e. The molecule has 1 amide bonds. The van der Waals surface area contributed by atoms with Crippen LogP contribution in [0.4, 0.5) is 0 Å². The molecule has 30 heavy (non-hydrogen) atoms. The van der Waals surface area contributed by atoms with Gasteiger partial charge in [-0.1, -0.05) is 29.8 Å². The van der Waals surface area contributed by atoms with Crippen LogP contribution < -0.4 is 9.47 Å². The van der Waals surface area contributed by atoms with Crippen LogP contribution in [-0.2, 0) is 4.79 Å². The topological polar surface area (TPSA) is 68.7 Å². The SMILES string of the molecule is CCOc1cc(/C=C/C(=O)c2nc3ccccc3s2)cc(Cl)c1OCC(=O)N(C)C. The number of aromatic nitrogens is 1. The molecule has 0 atom stereocenters. The number of halogens is 1. The number of thiazole rings is 1. The second-order valence-electron chi connectivity index (χ2n) is 6.52. The van der Waals surface area contributed by atoms with Gasteiger partial charge in [-0.3, -0.25) is 9.59 Å². The number of carbonyl (C=O) groups is 2. The van der Waals surface area contributed by atoms with Crippen LogP contribution in [0.1, 0.15) is 22.3 Å². The number of likely N-dealkylation sites (N-methyl/N-ethyl adjacent to an activating group) is 1. The Morgan fingerprint density at radius 3 is 2.67 bits per heavy atom. The molecule has 0 bridgehead atoms. The van der Waals surface area contributed by atoms with E-state index in [0.717, 1.165) is 10.2 Å². The van der Waals surface area contributed by atoms with Crippen molar-refractivity contribution in [2.75, 3.05) is 27.3 Å². The first-order chi connectivity index (χ1) is 14.4. The van der Waals surface area contributed by atoms with Gasteiger partial charge in [-0.05, 0) is 42.8 Å². The van der Waals surface area contributed by atoms with Crippen molar-refractivity contribution in [1.29, 1.82) is 0 Å². The largest absolute Gasteiger partial charge is 0.490 e. The van der Waals surface area contributed by atoms with Crippen molar-refractivity contribution in [1.82, 2.24) is 9.88 Å². The number of ether oxygens (including phenoxy) is 2. The fraction of sp³-hybridized carbons (Fsp3) is 0.227. The molecule has 3 rings (SSSR count). The standard InChI is InChI=1S/C22H21ClN2O4S/c1-4-28-18-12-14(11-15(23)21(18)29-13-20(27)25(2)3)9-10-17(26)22-24-16-7-5-6-8-19(16)30-22/h5-12H,4,13H2,1-3H3/b10-9+. The van der Waals surface area contributed by atoms with Crippen molar-refractivity contribution in [2.45, 2.75) is 6.92 Å². The summed E-state index contributed by atoms with van der Waals surface area (Å²) >= 11 is 7.71. The summed E-state index contributed by atoms with van der Waals surface area (Å²) in [6, 6.07) is 11.0. The number of hydrogen-bond acceptors (Lipinski definition) is 6. The molecule has 0 saturated heterocycles. The molecule has 1 aromatic heterocycles. The predicted octanol–water partition coefficient (Wildman–Crippen LogP) is 4.71. The average molecular weight is 445 g/mol. The fourth-order valence-corrected chi connectivity index (χ4v) is 3.73. The minimum Gasteiger partial charge on any atom is -0.490 e. The van der Waals surface area contributed by atoms with E-state index in [4.69, 9.17) is 21.1 Å². The molecule has 2 aromatic carbocycles. The van der Waals surface area contributed by atoms with Crippen molar-refractivity contribution in [3.8, 4) is 11.5 Å². The number of benzene rings is 2. The van der Waals surface area contributed by atoms with E-state index < -0.39 is 0 Å². The molecule has 156 valence electrons. The van der Waals surface area contributed by atoms with Crippen LogP contribution in [0, 0.1) is 0 Å². The lowest BCUT2D eigenvalue weighted by Crippen LogP contribution is -2.27. The number of allylic oxidation sites excluding steroid dienone is 1. The number of amides is 1. The van der Waals surface area contributed by atoms with Crippen molar-refractivity contribution < 1.29 is 19.1 Å². The Morgan fingerprint density at radius 1 is 1.20 bits per heavy atom. The third kappa shape index (κ3) is 5.17. The molecule has 0 radical (unpaired) electrons. The lowest BCUT2D eigenvalue weighted by molar-refractivity contribution is -0.130. The van der Waals surface area contributed by atoms with Crippen LogP contribution in [-0.4, -0.2) is 48.9 Å². The van der Waals surface area contributed by atoms with E-state index in [1.165, 1.54) is 22.3 Å². The van der Waals surface area contributed by atoms with Crippen LogP contribution in [0.5, 0.6) is 11.5 Å². The number of para-hydroxylation sites is 1. The van der Waals surface area contributed by atoms with Gasteiger partial charge in [0.15, 0.2) is 23.1 Å². The van der Waals surface area contributed by atoms with Gasteiger partial charge in [0.05, 0.1) is 21.8 Å². The smallest absolute Gasteiger partial charge is 0.259 e. The van der Waals surface area contributed by atoms with Crippen LogP contribution in [0.2, 0.25) is 5.02 Å². The Balaban J connectivity index is 1.81. The Hall–Kier alpha value is -2.90. The van der Waals surface area contributed by atoms with Gasteiger partial charge in [0, 0.05) is 14.1 Å². The quantitative estimate of drug-likeness (QED) is 0.371. The highest BCUT2D eigenvalue weighted by atomic mass is 35.5. The van der Waals surface area contributed by atoms with E-state index in [1.54, 1.807) is 32.3 Å². The van der Waals surface area contributed by atoms with E-state index >= 15 is 0 Å². The zero-order valence-electron chi connectivity index (χ0n) is 16.8. The zero-order chi connectivity index (χ0) is 21.7. The minimum atomic E-state index is -0.195. The molecule has 0 spiro atoms. The van der Waals surface area contributed by atoms with Crippen LogP contribution in [0.3, 0.4) is 0 Å². The maximum atomic E-state index is 12.5. The Kier molecular flexibility index (Phi) is 7.07. The van der Waals surface area contributed by atoms with Crippen molar-refractivity contribution in [2.24, 2.45) is 0 Å². The first-order valence-corrected chi connectivity index (χ1v) is 10.5. The van der Waals surface area contributed by atoms with Gasteiger partial charge in [-0.25, -0.2) is 4.98 Å². The number of rotatable bonds is 8. The van der Waals surface area contributed by atoms with Crippen LogP contribution >= 0.6 is 22.9 Å². The molecule has 0 aliphatic rings. The number of hydrogen-bond donors (Lipinski definition) is 0. The van der Waals surface area contributed by atoms with Crippen LogP contribution in [0.25, 0.3) is 16.3 Å². The van der Waals surface area contributed by atoms with Crippen LogP contribution in [0.15, 0.2) is 42.5 Å². The number of carbonyl (C=O) groups excluding carboxylic acids is 2. The van der Waals surface area contributed by atoms with E-state index in [9.17, 15) is 9.59 Å². The monoisotopic (exact) mass is 444 g/mol. The number of nitrogens with zero attached hydrogens (tertiary/aromatic N) is 2. The molecule has 0 saturated carbocycles. The molecule has 0 N–H and O–H groups in total. The lowest BCUT2D eigenvalue weighted by atomic mass is 10.1. The highest BCUT2D eigenvalue weighted by Crippen LogP contribution is 2.37. The number of ketones is 1. The molecule has 3 aromatic rings. The van der Waals surface area contributed by atoms with E-state index in [1.807, 2.05) is 31.2 Å². The third-order valence-corrected chi connectivity index (χ3v) is 5.43. The molecule has 8 heteroatoms. The summed E-state index contributed by atoms with van der Waals surface area (Å²) in [7, 11) is 3.29. The Labute approximate surface area is 183 Å². The fourth-order valence-electron chi connectivity index (χ4n) is 2.57. The summed E-state index contributed by atoms with van der Waals surface area (Å²) in [5, 5.41) is 0.713. The van der Waals surface area contributed by atoms with E-state index in [2.05, 4.69) is 4.98 Å². The molecular formula is C22H21ClN2O4S. The first-order valence-electron chi connectivity index (χ1n) is 9.26. The highest BCUT2D eigenvalue weighted by Gasteiger charge is 2.15. The summed E-state index contributed by atoms with van der Waals surface area (Å²) in [5.41, 5.74) is 1.47. The van der Waals surface area contributed by atoms with Gasteiger partial charge >= 0.3 is 0 Å². The molecule has 0 aliphatic carbocycles. The average Bonchev–Trinajstić information content (AvgIpc) is 3.15. The van der Waals surface area contributed by atoms with Crippen molar-refractivity contribution in [3.63, 3.8) is 0 Å². The molecule has 6 nitrogen and oxygen atoms in total. The normalized spacial score (nSPS) is 11.1. The molecular weight excluding hydrogens is 424 g/mol. The summed E-state index contributed by atoms with van der Waals surface area (Å²) in [6.45, 7) is 2.08. The first kappa shape index (κ1) is 21.8. The highest BCUT2D eigenvalue weighted by molar-refractivity contribution is 7.20. The predicted molar refractivity (Wildman–Crippen MR) is 120 cm³/mol. The van der Waals surface area contributed by atoms with Gasteiger partial charge in [-0.15, -0.1) is 11.3 Å². The summed E-state index contributed by atoms with van der Waals surface area (Å²) in [6.07, 6.45) is 3.10. The second kappa shape index (κ2) is 9.73. The van der Waals surface area contributed by atoms with Gasteiger partial charge in [0.25, 0.3) is 5.91 Å². The van der Waals surface area contributed by atoms with E-state index in [-0.39, 0.29) is 18.3 Å². The summed E-state index contributed by atoms with van der Waals surface area (Å²) < 4.78 is 12.2. The Bertz CT molecular complexity index is 1070. The maximum absolute atomic E-state index is 12.5. The summed E-state index contributed by atoms with van der Waals surface area (Å²) in [4.78, 5) is 30.1.